The molecule has 0 aliphatic heterocycles. The van der Waals surface area contributed by atoms with Crippen LogP contribution >= 0.6 is 23.1 Å². The van der Waals surface area contributed by atoms with Gasteiger partial charge in [-0.25, -0.2) is 4.98 Å². The summed E-state index contributed by atoms with van der Waals surface area (Å²) in [6.07, 6.45) is 3.56. The van der Waals surface area contributed by atoms with Crippen LogP contribution in [0.2, 0.25) is 0 Å². The van der Waals surface area contributed by atoms with E-state index in [9.17, 15) is 9.59 Å². The fourth-order valence-electron chi connectivity index (χ4n) is 2.32. The van der Waals surface area contributed by atoms with Crippen LogP contribution in [-0.4, -0.2) is 22.9 Å². The Morgan fingerprint density at radius 2 is 1.88 bits per heavy atom. The van der Waals surface area contributed by atoms with Gasteiger partial charge in [-0.3, -0.25) is 9.59 Å². The Morgan fingerprint density at radius 1 is 1.08 bits per heavy atom. The van der Waals surface area contributed by atoms with Gasteiger partial charge in [0.25, 0.3) is 5.91 Å². The van der Waals surface area contributed by atoms with Crippen LogP contribution in [0.3, 0.4) is 0 Å². The molecule has 0 atom stereocenters. The van der Waals surface area contributed by atoms with Crippen LogP contribution < -0.4 is 5.32 Å². The number of amides is 1. The van der Waals surface area contributed by atoms with E-state index < -0.39 is 0 Å². The van der Waals surface area contributed by atoms with Crippen LogP contribution in [0, 0.1) is 0 Å². The number of benzene rings is 1. The lowest BCUT2D eigenvalue weighted by molar-refractivity contribution is 0.0947. The molecule has 0 saturated carbocycles. The standard InChI is InChI=1S/C19H16N2O2S2/c1-24-19-15(8-5-11-20-19)18(23)21-12-14-9-10-16(25-14)17(22)13-6-3-2-4-7-13/h2-11H,12H2,1H3,(H,21,23). The molecule has 0 unspecified atom stereocenters. The molecule has 1 amide bonds. The number of thioether (sulfide) groups is 1. The summed E-state index contributed by atoms with van der Waals surface area (Å²) in [7, 11) is 0. The third kappa shape index (κ3) is 4.15. The normalized spacial score (nSPS) is 10.4. The van der Waals surface area contributed by atoms with Crippen molar-refractivity contribution in [1.82, 2.24) is 10.3 Å². The highest BCUT2D eigenvalue weighted by molar-refractivity contribution is 7.98. The third-order valence-corrected chi connectivity index (χ3v) is 5.35. The van der Waals surface area contributed by atoms with E-state index in [0.29, 0.717) is 27.6 Å². The van der Waals surface area contributed by atoms with Gasteiger partial charge < -0.3 is 5.32 Å². The SMILES string of the molecule is CSc1ncccc1C(=O)NCc1ccc(C(=O)c2ccccc2)s1. The van der Waals surface area contributed by atoms with Crippen molar-refractivity contribution in [1.29, 1.82) is 0 Å². The van der Waals surface area contributed by atoms with E-state index in [1.807, 2.05) is 30.5 Å². The van der Waals surface area contributed by atoms with Crippen molar-refractivity contribution in [3.8, 4) is 0 Å². The smallest absolute Gasteiger partial charge is 0.254 e. The molecule has 0 radical (unpaired) electrons. The summed E-state index contributed by atoms with van der Waals surface area (Å²) in [5, 5.41) is 3.59. The number of hydrogen-bond donors (Lipinski definition) is 1. The van der Waals surface area contributed by atoms with Crippen LogP contribution in [-0.2, 0) is 6.54 Å². The fourth-order valence-corrected chi connectivity index (χ4v) is 3.77. The number of carbonyl (C=O) groups is 2. The second kappa shape index (κ2) is 8.09. The molecule has 25 heavy (non-hydrogen) atoms. The highest BCUT2D eigenvalue weighted by Gasteiger charge is 2.14. The number of carbonyl (C=O) groups excluding carboxylic acids is 2. The average molecular weight is 368 g/mol. The van der Waals surface area contributed by atoms with E-state index in [4.69, 9.17) is 0 Å². The molecule has 2 aromatic heterocycles. The van der Waals surface area contributed by atoms with Crippen LogP contribution in [0.5, 0.6) is 0 Å². The number of rotatable bonds is 6. The summed E-state index contributed by atoms with van der Waals surface area (Å²) >= 11 is 2.83. The predicted molar refractivity (Wildman–Crippen MR) is 101 cm³/mol. The number of nitrogens with one attached hydrogen (secondary N) is 1. The first-order valence-electron chi connectivity index (χ1n) is 7.64. The summed E-state index contributed by atoms with van der Waals surface area (Å²) in [5.41, 5.74) is 1.23. The molecule has 3 rings (SSSR count). The zero-order valence-corrected chi connectivity index (χ0v) is 15.2. The maximum absolute atomic E-state index is 12.4. The molecular formula is C19H16N2O2S2. The van der Waals surface area contributed by atoms with Crippen molar-refractivity contribution in [2.45, 2.75) is 11.6 Å². The fraction of sp³-hybridized carbons (Fsp3) is 0.105. The minimum atomic E-state index is -0.165. The number of ketones is 1. The Balaban J connectivity index is 1.66. The lowest BCUT2D eigenvalue weighted by Gasteiger charge is -2.06. The number of nitrogens with zero attached hydrogens (tertiary/aromatic N) is 1. The van der Waals surface area contributed by atoms with Gasteiger partial charge >= 0.3 is 0 Å². The van der Waals surface area contributed by atoms with Gasteiger partial charge in [0.2, 0.25) is 5.78 Å². The van der Waals surface area contributed by atoms with E-state index in [2.05, 4.69) is 10.3 Å². The molecule has 0 bridgehead atoms. The van der Waals surface area contributed by atoms with Crippen molar-refractivity contribution in [2.75, 3.05) is 6.26 Å². The van der Waals surface area contributed by atoms with E-state index >= 15 is 0 Å². The van der Waals surface area contributed by atoms with Crippen molar-refractivity contribution < 1.29 is 9.59 Å². The monoisotopic (exact) mass is 368 g/mol. The van der Waals surface area contributed by atoms with Gasteiger partial charge in [-0.1, -0.05) is 30.3 Å². The Morgan fingerprint density at radius 3 is 2.64 bits per heavy atom. The summed E-state index contributed by atoms with van der Waals surface area (Å²) in [6.45, 7) is 0.383. The summed E-state index contributed by atoms with van der Waals surface area (Å²) in [5.74, 6) is -0.165. The molecule has 0 aliphatic rings. The molecule has 0 spiro atoms. The highest BCUT2D eigenvalue weighted by Crippen LogP contribution is 2.21. The maximum Gasteiger partial charge on any atom is 0.254 e. The Kier molecular flexibility index (Phi) is 5.63. The molecule has 4 nitrogen and oxygen atoms in total. The minimum absolute atomic E-state index is 0.0000974. The predicted octanol–water partition coefficient (Wildman–Crippen LogP) is 4.03. The second-order valence-corrected chi connectivity index (χ2v) is 7.17. The van der Waals surface area contributed by atoms with Gasteiger partial charge in [0.1, 0.15) is 5.03 Å². The molecular weight excluding hydrogens is 352 g/mol. The van der Waals surface area contributed by atoms with E-state index in [-0.39, 0.29) is 11.7 Å². The molecule has 1 aromatic carbocycles. The molecule has 0 saturated heterocycles. The second-order valence-electron chi connectivity index (χ2n) is 5.20. The van der Waals surface area contributed by atoms with Gasteiger partial charge in [-0.2, -0.15) is 0 Å². The van der Waals surface area contributed by atoms with Crippen LogP contribution in [0.4, 0.5) is 0 Å². The van der Waals surface area contributed by atoms with E-state index in [0.717, 1.165) is 4.88 Å². The summed E-state index contributed by atoms with van der Waals surface area (Å²) < 4.78 is 0. The van der Waals surface area contributed by atoms with Gasteiger partial charge in [0.05, 0.1) is 17.0 Å². The Hall–Kier alpha value is -2.44. The Bertz CT molecular complexity index is 891. The van der Waals surface area contributed by atoms with Crippen molar-refractivity contribution in [3.05, 3.63) is 81.7 Å². The topological polar surface area (TPSA) is 59.1 Å². The summed E-state index contributed by atoms with van der Waals surface area (Å²) in [6, 6.07) is 16.4. The van der Waals surface area contributed by atoms with Crippen LogP contribution in [0.25, 0.3) is 0 Å². The van der Waals surface area contributed by atoms with Gasteiger partial charge in [-0.15, -0.1) is 23.1 Å². The number of aromatic nitrogens is 1. The number of hydrogen-bond acceptors (Lipinski definition) is 5. The molecule has 126 valence electrons. The molecule has 2 heterocycles. The molecule has 1 N–H and O–H groups in total. The Labute approximate surface area is 154 Å². The van der Waals surface area contributed by atoms with Gasteiger partial charge in [0.15, 0.2) is 0 Å². The molecule has 6 heteroatoms. The lowest BCUT2D eigenvalue weighted by Crippen LogP contribution is -2.23. The van der Waals surface area contributed by atoms with Crippen molar-refractivity contribution in [2.24, 2.45) is 0 Å². The zero-order chi connectivity index (χ0) is 17.6. The summed E-state index contributed by atoms with van der Waals surface area (Å²) in [4.78, 5) is 30.5. The van der Waals surface area contributed by atoms with Gasteiger partial charge in [0, 0.05) is 16.6 Å². The average Bonchev–Trinajstić information content (AvgIpc) is 3.15. The minimum Gasteiger partial charge on any atom is -0.347 e. The molecule has 0 fully saturated rings. The number of thiophene rings is 1. The quantitative estimate of drug-likeness (QED) is 0.527. The maximum atomic E-state index is 12.4. The van der Waals surface area contributed by atoms with Crippen molar-refractivity contribution in [3.63, 3.8) is 0 Å². The highest BCUT2D eigenvalue weighted by atomic mass is 32.2. The first-order chi connectivity index (χ1) is 12.2. The first kappa shape index (κ1) is 17.4. The van der Waals surface area contributed by atoms with E-state index in [1.54, 1.807) is 36.5 Å². The van der Waals surface area contributed by atoms with E-state index in [1.165, 1.54) is 23.1 Å². The lowest BCUT2D eigenvalue weighted by atomic mass is 10.1. The van der Waals surface area contributed by atoms with Crippen LogP contribution in [0.15, 0.2) is 65.8 Å². The van der Waals surface area contributed by atoms with Crippen LogP contribution in [0.1, 0.15) is 30.5 Å². The van der Waals surface area contributed by atoms with Gasteiger partial charge in [-0.05, 0) is 30.5 Å². The third-order valence-electron chi connectivity index (χ3n) is 3.55. The van der Waals surface area contributed by atoms with Crippen molar-refractivity contribution >= 4 is 34.8 Å². The largest absolute Gasteiger partial charge is 0.347 e. The molecule has 3 aromatic rings. The zero-order valence-electron chi connectivity index (χ0n) is 13.6. The first-order valence-corrected chi connectivity index (χ1v) is 9.69. The molecule has 0 aliphatic carbocycles. The number of pyridine rings is 1.